The van der Waals surface area contributed by atoms with Crippen molar-refractivity contribution in [2.45, 2.75) is 26.2 Å². The fraction of sp³-hybridized carbons (Fsp3) is 0.800. The van der Waals surface area contributed by atoms with Crippen LogP contribution in [0, 0.1) is 17.8 Å². The molecule has 0 saturated heterocycles. The molecule has 4 heteroatoms. The lowest BCUT2D eigenvalue weighted by molar-refractivity contribution is -0.148. The van der Waals surface area contributed by atoms with E-state index in [0.29, 0.717) is 12.5 Å². The van der Waals surface area contributed by atoms with E-state index in [9.17, 15) is 4.79 Å². The van der Waals surface area contributed by atoms with E-state index in [4.69, 9.17) is 9.94 Å². The zero-order valence-electron chi connectivity index (χ0n) is 8.27. The Morgan fingerprint density at radius 3 is 3.00 bits per heavy atom. The average Bonchev–Trinajstić information content (AvgIpc) is 2.76. The van der Waals surface area contributed by atoms with Gasteiger partial charge in [-0.1, -0.05) is 5.16 Å². The van der Waals surface area contributed by atoms with Crippen LogP contribution in [0.25, 0.3) is 0 Å². The molecule has 0 aromatic heterocycles. The van der Waals surface area contributed by atoms with Gasteiger partial charge in [-0.15, -0.1) is 0 Å². The maximum Gasteiger partial charge on any atom is 0.309 e. The first-order chi connectivity index (χ1) is 6.76. The second kappa shape index (κ2) is 3.59. The SMILES string of the molecule is CCOC(=O)C1CC2CC(=NO)C1C2. The predicted octanol–water partition coefficient (Wildman–Crippen LogP) is 1.43. The van der Waals surface area contributed by atoms with Crippen LogP contribution in [0.4, 0.5) is 0 Å². The Balaban J connectivity index is 2.06. The summed E-state index contributed by atoms with van der Waals surface area (Å²) in [5.74, 6) is 0.491. The van der Waals surface area contributed by atoms with Crippen LogP contribution in [-0.4, -0.2) is 23.5 Å². The molecular formula is C10H15NO3. The first kappa shape index (κ1) is 9.49. The second-order valence-corrected chi connectivity index (χ2v) is 4.10. The Morgan fingerprint density at radius 1 is 1.64 bits per heavy atom. The van der Waals surface area contributed by atoms with Crippen molar-refractivity contribution in [3.8, 4) is 0 Å². The van der Waals surface area contributed by atoms with Crippen molar-refractivity contribution in [3.05, 3.63) is 0 Å². The highest BCUT2D eigenvalue weighted by Gasteiger charge is 2.48. The molecule has 2 aliphatic rings. The fourth-order valence-electron chi connectivity index (χ4n) is 2.75. The number of carbonyl (C=O) groups is 1. The quantitative estimate of drug-likeness (QED) is 0.414. The molecule has 0 aliphatic heterocycles. The van der Waals surface area contributed by atoms with E-state index in [1.165, 1.54) is 0 Å². The molecular weight excluding hydrogens is 182 g/mol. The number of esters is 1. The van der Waals surface area contributed by atoms with Crippen LogP contribution < -0.4 is 0 Å². The van der Waals surface area contributed by atoms with Crippen LogP contribution in [0.15, 0.2) is 5.16 Å². The van der Waals surface area contributed by atoms with E-state index in [1.54, 1.807) is 0 Å². The molecule has 3 unspecified atom stereocenters. The first-order valence-electron chi connectivity index (χ1n) is 5.13. The number of carbonyl (C=O) groups excluding carboxylic acids is 1. The third-order valence-electron chi connectivity index (χ3n) is 3.30. The van der Waals surface area contributed by atoms with E-state index in [2.05, 4.69) is 5.16 Å². The Morgan fingerprint density at radius 2 is 2.43 bits per heavy atom. The second-order valence-electron chi connectivity index (χ2n) is 4.10. The highest BCUT2D eigenvalue weighted by molar-refractivity contribution is 5.93. The van der Waals surface area contributed by atoms with Crippen molar-refractivity contribution in [1.82, 2.24) is 0 Å². The summed E-state index contributed by atoms with van der Waals surface area (Å²) in [5, 5.41) is 12.0. The van der Waals surface area contributed by atoms with Gasteiger partial charge in [-0.25, -0.2) is 0 Å². The van der Waals surface area contributed by atoms with Gasteiger partial charge in [0.25, 0.3) is 0 Å². The van der Waals surface area contributed by atoms with Gasteiger partial charge in [0.15, 0.2) is 0 Å². The summed E-state index contributed by atoms with van der Waals surface area (Å²) < 4.78 is 5.00. The number of fused-ring (bicyclic) bond motifs is 2. The maximum atomic E-state index is 11.5. The third kappa shape index (κ3) is 1.38. The van der Waals surface area contributed by atoms with Crippen LogP contribution in [0.5, 0.6) is 0 Å². The molecule has 4 nitrogen and oxygen atoms in total. The Labute approximate surface area is 82.9 Å². The van der Waals surface area contributed by atoms with Gasteiger partial charge in [-0.05, 0) is 32.1 Å². The summed E-state index contributed by atoms with van der Waals surface area (Å²) in [6.45, 7) is 2.24. The zero-order valence-corrected chi connectivity index (χ0v) is 8.27. The lowest BCUT2D eigenvalue weighted by atomic mass is 9.87. The normalized spacial score (nSPS) is 37.8. The Kier molecular flexibility index (Phi) is 2.44. The first-order valence-corrected chi connectivity index (χ1v) is 5.13. The number of ether oxygens (including phenoxy) is 1. The van der Waals surface area contributed by atoms with Crippen molar-refractivity contribution in [2.24, 2.45) is 22.9 Å². The van der Waals surface area contributed by atoms with E-state index in [-0.39, 0.29) is 17.8 Å². The van der Waals surface area contributed by atoms with Gasteiger partial charge in [-0.2, -0.15) is 0 Å². The highest BCUT2D eigenvalue weighted by Crippen LogP contribution is 2.47. The standard InChI is InChI=1S/C10H15NO3/c1-2-14-10(12)8-4-6-3-7(8)9(5-6)11-13/h6-8,13H,2-5H2,1H3. The molecule has 78 valence electrons. The Hall–Kier alpha value is -1.06. The van der Waals surface area contributed by atoms with Crippen LogP contribution >= 0.6 is 0 Å². The van der Waals surface area contributed by atoms with Gasteiger partial charge in [0, 0.05) is 5.92 Å². The smallest absolute Gasteiger partial charge is 0.309 e. The molecule has 2 rings (SSSR count). The number of hydrogen-bond acceptors (Lipinski definition) is 4. The molecule has 3 atom stereocenters. The molecule has 0 spiro atoms. The maximum absolute atomic E-state index is 11.5. The number of rotatable bonds is 2. The summed E-state index contributed by atoms with van der Waals surface area (Å²) >= 11 is 0. The molecule has 0 aromatic rings. The third-order valence-corrected chi connectivity index (χ3v) is 3.30. The van der Waals surface area contributed by atoms with Crippen molar-refractivity contribution in [1.29, 1.82) is 0 Å². The van der Waals surface area contributed by atoms with Crippen LogP contribution in [-0.2, 0) is 9.53 Å². The van der Waals surface area contributed by atoms with Gasteiger partial charge in [-0.3, -0.25) is 4.79 Å². The molecule has 1 N–H and O–H groups in total. The minimum atomic E-state index is -0.124. The Bertz CT molecular complexity index is 275. The van der Waals surface area contributed by atoms with Gasteiger partial charge < -0.3 is 9.94 Å². The van der Waals surface area contributed by atoms with E-state index in [0.717, 1.165) is 25.0 Å². The van der Waals surface area contributed by atoms with E-state index in [1.807, 2.05) is 6.92 Å². The molecule has 14 heavy (non-hydrogen) atoms. The molecule has 2 aliphatic carbocycles. The summed E-state index contributed by atoms with van der Waals surface area (Å²) in [4.78, 5) is 11.5. The van der Waals surface area contributed by atoms with Crippen molar-refractivity contribution in [3.63, 3.8) is 0 Å². The summed E-state index contributed by atoms with van der Waals surface area (Å²) in [6, 6.07) is 0. The number of nitrogens with zero attached hydrogens (tertiary/aromatic N) is 1. The summed E-state index contributed by atoms with van der Waals surface area (Å²) in [5.41, 5.74) is 0.791. The van der Waals surface area contributed by atoms with E-state index >= 15 is 0 Å². The van der Waals surface area contributed by atoms with Crippen molar-refractivity contribution < 1.29 is 14.7 Å². The molecule has 0 amide bonds. The monoisotopic (exact) mass is 197 g/mol. The highest BCUT2D eigenvalue weighted by atomic mass is 16.5. The number of hydrogen-bond donors (Lipinski definition) is 1. The summed E-state index contributed by atoms with van der Waals surface area (Å²) in [7, 11) is 0. The van der Waals surface area contributed by atoms with Crippen LogP contribution in [0.1, 0.15) is 26.2 Å². The van der Waals surface area contributed by atoms with Crippen LogP contribution in [0.2, 0.25) is 0 Å². The lowest BCUT2D eigenvalue weighted by Gasteiger charge is -2.20. The predicted molar refractivity (Wildman–Crippen MR) is 50.2 cm³/mol. The summed E-state index contributed by atoms with van der Waals surface area (Å²) in [6.07, 6.45) is 2.75. The van der Waals surface area contributed by atoms with Gasteiger partial charge in [0.05, 0.1) is 18.2 Å². The van der Waals surface area contributed by atoms with Gasteiger partial charge in [0.2, 0.25) is 0 Å². The zero-order chi connectivity index (χ0) is 10.1. The molecule has 0 radical (unpaired) electrons. The van der Waals surface area contributed by atoms with E-state index < -0.39 is 0 Å². The van der Waals surface area contributed by atoms with Crippen molar-refractivity contribution >= 4 is 11.7 Å². The van der Waals surface area contributed by atoms with Crippen molar-refractivity contribution in [2.75, 3.05) is 6.61 Å². The molecule has 2 bridgehead atoms. The molecule has 2 fully saturated rings. The fourth-order valence-corrected chi connectivity index (χ4v) is 2.75. The topological polar surface area (TPSA) is 58.9 Å². The number of oxime groups is 1. The average molecular weight is 197 g/mol. The lowest BCUT2D eigenvalue weighted by Crippen LogP contribution is -2.28. The molecule has 2 saturated carbocycles. The minimum Gasteiger partial charge on any atom is -0.466 e. The largest absolute Gasteiger partial charge is 0.466 e. The van der Waals surface area contributed by atoms with Gasteiger partial charge in [0.1, 0.15) is 0 Å². The molecule has 0 aromatic carbocycles. The minimum absolute atomic E-state index is 0.0559. The van der Waals surface area contributed by atoms with Gasteiger partial charge >= 0.3 is 5.97 Å². The van der Waals surface area contributed by atoms with Crippen LogP contribution in [0.3, 0.4) is 0 Å². The molecule has 0 heterocycles.